The number of benzene rings is 2. The van der Waals surface area contributed by atoms with Crippen LogP contribution in [0.1, 0.15) is 10.4 Å². The SMILES string of the molecule is Cn1cc(C(=O)NNS(=O)(=O)c2ccc3[nH]c(=O)oc3c2)c2ccccc21. The summed E-state index contributed by atoms with van der Waals surface area (Å²) in [5, 5.41) is 0.701. The fraction of sp³-hybridized carbons (Fsp3) is 0.0588. The summed E-state index contributed by atoms with van der Waals surface area (Å²) in [6.07, 6.45) is 1.62. The first kappa shape index (κ1) is 17.1. The Hall–Kier alpha value is -3.37. The first-order valence-electron chi connectivity index (χ1n) is 7.84. The van der Waals surface area contributed by atoms with Gasteiger partial charge in [0.25, 0.3) is 15.9 Å². The number of aromatic nitrogens is 2. The Morgan fingerprint density at radius 3 is 2.78 bits per heavy atom. The average molecular weight is 386 g/mol. The van der Waals surface area contributed by atoms with Gasteiger partial charge >= 0.3 is 5.76 Å². The molecule has 10 heteroatoms. The zero-order chi connectivity index (χ0) is 19.2. The van der Waals surface area contributed by atoms with Crippen LogP contribution in [0.4, 0.5) is 0 Å². The van der Waals surface area contributed by atoms with E-state index in [4.69, 9.17) is 4.42 Å². The van der Waals surface area contributed by atoms with Crippen molar-refractivity contribution < 1.29 is 17.6 Å². The van der Waals surface area contributed by atoms with Gasteiger partial charge < -0.3 is 8.98 Å². The first-order valence-corrected chi connectivity index (χ1v) is 9.32. The van der Waals surface area contributed by atoms with Gasteiger partial charge in [-0.1, -0.05) is 18.2 Å². The molecule has 0 bridgehead atoms. The van der Waals surface area contributed by atoms with Crippen molar-refractivity contribution >= 4 is 37.9 Å². The molecule has 0 saturated heterocycles. The van der Waals surface area contributed by atoms with Crippen LogP contribution in [-0.4, -0.2) is 23.9 Å². The number of hydrazine groups is 1. The molecule has 2 aromatic heterocycles. The number of hydrogen-bond acceptors (Lipinski definition) is 5. The molecule has 2 heterocycles. The summed E-state index contributed by atoms with van der Waals surface area (Å²) in [4.78, 5) is 27.9. The molecule has 1 amide bonds. The maximum atomic E-state index is 12.4. The van der Waals surface area contributed by atoms with Gasteiger partial charge in [0.15, 0.2) is 5.58 Å². The molecule has 0 aliphatic heterocycles. The standard InChI is InChI=1S/C17H14N4O5S/c1-21-9-12(11-4-2-3-5-14(11)21)16(22)19-20-27(24,25)10-6-7-13-15(8-10)26-17(23)18-13/h2-9,20H,1H3,(H,18,23)(H,19,22). The maximum absolute atomic E-state index is 12.4. The van der Waals surface area contributed by atoms with E-state index in [0.29, 0.717) is 16.5 Å². The molecular formula is C17H14N4O5S. The Bertz CT molecular complexity index is 1350. The second-order valence-corrected chi connectivity index (χ2v) is 7.59. The number of aryl methyl sites for hydroxylation is 1. The highest BCUT2D eigenvalue weighted by atomic mass is 32.2. The van der Waals surface area contributed by atoms with Crippen molar-refractivity contribution in [2.45, 2.75) is 4.90 Å². The van der Waals surface area contributed by atoms with Crippen molar-refractivity contribution in [3.63, 3.8) is 0 Å². The third kappa shape index (κ3) is 3.00. The summed E-state index contributed by atoms with van der Waals surface area (Å²) in [5.41, 5.74) is 3.86. The number of para-hydroxylation sites is 1. The van der Waals surface area contributed by atoms with E-state index in [1.807, 2.05) is 12.1 Å². The number of fused-ring (bicyclic) bond motifs is 2. The lowest BCUT2D eigenvalue weighted by Crippen LogP contribution is -2.41. The smallest absolute Gasteiger partial charge is 0.408 e. The number of H-pyrrole nitrogens is 1. The average Bonchev–Trinajstić information content (AvgIpc) is 3.18. The second-order valence-electron chi connectivity index (χ2n) is 5.90. The highest BCUT2D eigenvalue weighted by Gasteiger charge is 2.19. The number of aromatic amines is 1. The second kappa shape index (κ2) is 6.11. The minimum absolute atomic E-state index is 0.100. The Morgan fingerprint density at radius 2 is 1.96 bits per heavy atom. The fourth-order valence-electron chi connectivity index (χ4n) is 2.86. The predicted molar refractivity (Wildman–Crippen MR) is 97.5 cm³/mol. The first-order chi connectivity index (χ1) is 12.8. The highest BCUT2D eigenvalue weighted by molar-refractivity contribution is 7.89. The van der Waals surface area contributed by atoms with Gasteiger partial charge in [-0.05, 0) is 18.2 Å². The van der Waals surface area contributed by atoms with Gasteiger partial charge in [-0.3, -0.25) is 15.2 Å². The number of rotatable bonds is 4. The molecule has 3 N–H and O–H groups in total. The zero-order valence-electron chi connectivity index (χ0n) is 14.0. The van der Waals surface area contributed by atoms with Crippen LogP contribution in [0.15, 0.2) is 62.8 Å². The minimum atomic E-state index is -4.06. The number of sulfonamides is 1. The van der Waals surface area contributed by atoms with E-state index in [0.717, 1.165) is 5.52 Å². The van der Waals surface area contributed by atoms with Crippen LogP contribution in [0.25, 0.3) is 22.0 Å². The number of carbonyl (C=O) groups excluding carboxylic acids is 1. The van der Waals surface area contributed by atoms with Gasteiger partial charge in [0.05, 0.1) is 16.0 Å². The van der Waals surface area contributed by atoms with Crippen molar-refractivity contribution in [1.29, 1.82) is 0 Å². The number of nitrogens with zero attached hydrogens (tertiary/aromatic N) is 1. The van der Waals surface area contributed by atoms with Crippen molar-refractivity contribution in [1.82, 2.24) is 19.8 Å². The van der Waals surface area contributed by atoms with Gasteiger partial charge in [0.1, 0.15) is 0 Å². The van der Waals surface area contributed by atoms with E-state index >= 15 is 0 Å². The maximum Gasteiger partial charge on any atom is 0.417 e. The van der Waals surface area contributed by atoms with Crippen LogP contribution in [0.5, 0.6) is 0 Å². The molecule has 0 aliphatic carbocycles. The Kier molecular flexibility index (Phi) is 3.86. The third-order valence-corrected chi connectivity index (χ3v) is 5.39. The number of nitrogens with one attached hydrogen (secondary N) is 3. The Morgan fingerprint density at radius 1 is 1.19 bits per heavy atom. The van der Waals surface area contributed by atoms with Crippen LogP contribution in [0.2, 0.25) is 0 Å². The summed E-state index contributed by atoms with van der Waals surface area (Å²) >= 11 is 0. The molecule has 0 atom stereocenters. The van der Waals surface area contributed by atoms with Gasteiger partial charge in [0.2, 0.25) is 0 Å². The summed E-state index contributed by atoms with van der Waals surface area (Å²) < 4.78 is 31.5. The summed E-state index contributed by atoms with van der Waals surface area (Å²) in [6.45, 7) is 0. The van der Waals surface area contributed by atoms with Crippen molar-refractivity contribution in [3.8, 4) is 0 Å². The lowest BCUT2D eigenvalue weighted by atomic mass is 10.2. The van der Waals surface area contributed by atoms with Crippen molar-refractivity contribution in [3.05, 3.63) is 64.8 Å². The Labute approximate surface area is 152 Å². The molecule has 2 aromatic carbocycles. The highest BCUT2D eigenvalue weighted by Crippen LogP contribution is 2.20. The molecule has 4 rings (SSSR count). The molecule has 0 spiro atoms. The largest absolute Gasteiger partial charge is 0.417 e. The minimum Gasteiger partial charge on any atom is -0.408 e. The van der Waals surface area contributed by atoms with Crippen LogP contribution < -0.4 is 16.0 Å². The van der Waals surface area contributed by atoms with Gasteiger partial charge in [-0.15, -0.1) is 4.83 Å². The molecule has 138 valence electrons. The molecule has 0 saturated carbocycles. The predicted octanol–water partition coefficient (Wildman–Crippen LogP) is 1.24. The molecule has 0 unspecified atom stereocenters. The molecule has 27 heavy (non-hydrogen) atoms. The Balaban J connectivity index is 1.59. The van der Waals surface area contributed by atoms with E-state index < -0.39 is 21.7 Å². The molecular weight excluding hydrogens is 372 g/mol. The van der Waals surface area contributed by atoms with E-state index in [9.17, 15) is 18.0 Å². The number of hydrogen-bond donors (Lipinski definition) is 3. The van der Waals surface area contributed by atoms with E-state index in [1.54, 1.807) is 29.9 Å². The molecule has 0 fully saturated rings. The summed E-state index contributed by atoms with van der Waals surface area (Å²) in [7, 11) is -2.26. The molecule has 0 aliphatic rings. The van der Waals surface area contributed by atoms with E-state index in [-0.39, 0.29) is 10.5 Å². The monoisotopic (exact) mass is 386 g/mol. The number of carbonyl (C=O) groups is 1. The zero-order valence-corrected chi connectivity index (χ0v) is 14.8. The van der Waals surface area contributed by atoms with E-state index in [1.165, 1.54) is 18.2 Å². The lowest BCUT2D eigenvalue weighted by molar-refractivity contribution is 0.0946. The summed E-state index contributed by atoms with van der Waals surface area (Å²) in [5.74, 6) is -1.28. The van der Waals surface area contributed by atoms with Crippen molar-refractivity contribution in [2.75, 3.05) is 0 Å². The van der Waals surface area contributed by atoms with Crippen LogP contribution in [0.3, 0.4) is 0 Å². The molecule has 0 radical (unpaired) electrons. The van der Waals surface area contributed by atoms with Crippen LogP contribution in [-0.2, 0) is 17.1 Å². The third-order valence-electron chi connectivity index (χ3n) is 4.14. The topological polar surface area (TPSA) is 126 Å². The normalized spacial score (nSPS) is 11.9. The lowest BCUT2D eigenvalue weighted by Gasteiger charge is -2.08. The quantitative estimate of drug-likeness (QED) is 0.455. The van der Waals surface area contributed by atoms with Crippen LogP contribution in [0, 0.1) is 0 Å². The number of oxazole rings is 1. The van der Waals surface area contributed by atoms with Gasteiger partial charge in [0, 0.05) is 30.2 Å². The fourth-order valence-corrected chi connectivity index (χ4v) is 3.71. The summed E-state index contributed by atoms with van der Waals surface area (Å²) in [6, 6.07) is 11.2. The number of amides is 1. The van der Waals surface area contributed by atoms with Crippen LogP contribution >= 0.6 is 0 Å². The van der Waals surface area contributed by atoms with E-state index in [2.05, 4.69) is 15.2 Å². The van der Waals surface area contributed by atoms with Crippen molar-refractivity contribution in [2.24, 2.45) is 7.05 Å². The molecule has 4 aromatic rings. The molecule has 9 nitrogen and oxygen atoms in total. The van der Waals surface area contributed by atoms with Gasteiger partial charge in [-0.25, -0.2) is 13.2 Å². The van der Waals surface area contributed by atoms with Gasteiger partial charge in [-0.2, -0.15) is 0 Å².